The molecule has 116 valence electrons. The van der Waals surface area contributed by atoms with Crippen LogP contribution in [0.2, 0.25) is 0 Å². The largest absolute Gasteiger partial charge is 0.399 e. The third-order valence-corrected chi connectivity index (χ3v) is 4.64. The van der Waals surface area contributed by atoms with E-state index in [0.29, 0.717) is 24.6 Å². The lowest BCUT2D eigenvalue weighted by Gasteiger charge is -2.08. The maximum atomic E-state index is 12.1. The van der Waals surface area contributed by atoms with Crippen molar-refractivity contribution >= 4 is 21.6 Å². The Morgan fingerprint density at radius 3 is 2.67 bits per heavy atom. The molecule has 7 heteroatoms. The highest BCUT2D eigenvalue weighted by molar-refractivity contribution is 7.89. The highest BCUT2D eigenvalue weighted by atomic mass is 32.2. The number of amides is 1. The molecule has 1 amide bonds. The zero-order valence-electron chi connectivity index (χ0n) is 12.1. The van der Waals surface area contributed by atoms with Crippen LogP contribution in [0, 0.1) is 6.92 Å². The summed E-state index contributed by atoms with van der Waals surface area (Å²) >= 11 is 0. The SMILES string of the molecule is Cc1cc(N)cc(S(=O)(=O)NCCCC(=O)NC2CC2)c1. The Kier molecular flexibility index (Phi) is 4.84. The molecule has 1 aliphatic rings. The van der Waals surface area contributed by atoms with Crippen LogP contribution in [-0.2, 0) is 14.8 Å². The van der Waals surface area contributed by atoms with Crippen molar-refractivity contribution in [3.05, 3.63) is 23.8 Å². The van der Waals surface area contributed by atoms with Crippen LogP contribution in [0.1, 0.15) is 31.2 Å². The number of rotatable bonds is 7. The Labute approximate surface area is 125 Å². The number of carbonyl (C=O) groups is 1. The topological polar surface area (TPSA) is 101 Å². The lowest BCUT2D eigenvalue weighted by Crippen LogP contribution is -2.28. The lowest BCUT2D eigenvalue weighted by molar-refractivity contribution is -0.121. The second kappa shape index (κ2) is 6.44. The first kappa shape index (κ1) is 15.8. The quantitative estimate of drug-likeness (QED) is 0.514. The van der Waals surface area contributed by atoms with Gasteiger partial charge in [-0.3, -0.25) is 4.79 Å². The van der Waals surface area contributed by atoms with Crippen molar-refractivity contribution in [1.29, 1.82) is 0 Å². The van der Waals surface area contributed by atoms with Gasteiger partial charge in [0.15, 0.2) is 0 Å². The van der Waals surface area contributed by atoms with Gasteiger partial charge in [-0.15, -0.1) is 0 Å². The van der Waals surface area contributed by atoms with Crippen LogP contribution >= 0.6 is 0 Å². The predicted octanol–water partition coefficient (Wildman–Crippen LogP) is 0.914. The summed E-state index contributed by atoms with van der Waals surface area (Å²) in [6.07, 6.45) is 2.90. The molecule has 0 atom stereocenters. The second-order valence-corrected chi connectivity index (χ2v) is 7.19. The van der Waals surface area contributed by atoms with Gasteiger partial charge < -0.3 is 11.1 Å². The first-order chi connectivity index (χ1) is 9.87. The predicted molar refractivity (Wildman–Crippen MR) is 81.2 cm³/mol. The Morgan fingerprint density at radius 1 is 1.33 bits per heavy atom. The molecular weight excluding hydrogens is 290 g/mol. The Balaban J connectivity index is 1.81. The Hall–Kier alpha value is -1.60. The maximum absolute atomic E-state index is 12.1. The summed E-state index contributed by atoms with van der Waals surface area (Å²) in [5.41, 5.74) is 6.86. The van der Waals surface area contributed by atoms with Crippen LogP contribution in [-0.4, -0.2) is 26.9 Å². The van der Waals surface area contributed by atoms with Gasteiger partial charge >= 0.3 is 0 Å². The number of hydrogen-bond acceptors (Lipinski definition) is 4. The number of nitrogen functional groups attached to an aromatic ring is 1. The van der Waals surface area contributed by atoms with E-state index in [9.17, 15) is 13.2 Å². The summed E-state index contributed by atoms with van der Waals surface area (Å²) in [6, 6.07) is 5.04. The lowest BCUT2D eigenvalue weighted by atomic mass is 10.2. The minimum atomic E-state index is -3.58. The van der Waals surface area contributed by atoms with Gasteiger partial charge in [0.1, 0.15) is 0 Å². The van der Waals surface area contributed by atoms with E-state index in [1.807, 2.05) is 0 Å². The van der Waals surface area contributed by atoms with Gasteiger partial charge in [-0.1, -0.05) is 0 Å². The molecule has 0 bridgehead atoms. The van der Waals surface area contributed by atoms with E-state index in [1.165, 1.54) is 6.07 Å². The average molecular weight is 311 g/mol. The number of benzene rings is 1. The van der Waals surface area contributed by atoms with Crippen LogP contribution in [0.4, 0.5) is 5.69 Å². The fourth-order valence-corrected chi connectivity index (χ4v) is 3.21. The fraction of sp³-hybridized carbons (Fsp3) is 0.500. The van der Waals surface area contributed by atoms with E-state index in [-0.39, 0.29) is 17.3 Å². The van der Waals surface area contributed by atoms with Gasteiger partial charge in [0, 0.05) is 24.7 Å². The van der Waals surface area contributed by atoms with Crippen molar-refractivity contribution in [3.63, 3.8) is 0 Å². The summed E-state index contributed by atoms with van der Waals surface area (Å²) < 4.78 is 26.7. The summed E-state index contributed by atoms with van der Waals surface area (Å²) in [6.45, 7) is 2.02. The maximum Gasteiger partial charge on any atom is 0.240 e. The van der Waals surface area contributed by atoms with Gasteiger partial charge in [0.2, 0.25) is 15.9 Å². The van der Waals surface area contributed by atoms with Crippen molar-refractivity contribution in [2.45, 2.75) is 43.5 Å². The molecule has 0 heterocycles. The van der Waals surface area contributed by atoms with Crippen LogP contribution in [0.5, 0.6) is 0 Å². The van der Waals surface area contributed by atoms with Crippen LogP contribution in [0.15, 0.2) is 23.1 Å². The van der Waals surface area contributed by atoms with Gasteiger partial charge in [-0.05, 0) is 49.9 Å². The summed E-state index contributed by atoms with van der Waals surface area (Å²) in [4.78, 5) is 11.6. The Morgan fingerprint density at radius 2 is 2.05 bits per heavy atom. The standard InChI is InChI=1S/C14H21N3O3S/c1-10-7-11(15)9-13(8-10)21(19,20)16-6-2-3-14(18)17-12-4-5-12/h7-9,12,16H,2-6,15H2,1H3,(H,17,18). The molecule has 21 heavy (non-hydrogen) atoms. The molecule has 6 nitrogen and oxygen atoms in total. The zero-order valence-corrected chi connectivity index (χ0v) is 12.9. The monoisotopic (exact) mass is 311 g/mol. The minimum absolute atomic E-state index is 0.0171. The molecule has 1 aliphatic carbocycles. The number of carbonyl (C=O) groups excluding carboxylic acids is 1. The highest BCUT2D eigenvalue weighted by Crippen LogP contribution is 2.19. The van der Waals surface area contributed by atoms with Gasteiger partial charge in [0.25, 0.3) is 0 Å². The number of anilines is 1. The molecule has 1 fully saturated rings. The molecule has 0 unspecified atom stereocenters. The number of aryl methyl sites for hydroxylation is 1. The summed E-state index contributed by atoms with van der Waals surface area (Å²) in [7, 11) is -3.58. The summed E-state index contributed by atoms with van der Waals surface area (Å²) in [5.74, 6) is -0.0171. The Bertz CT molecular complexity index is 604. The number of nitrogens with one attached hydrogen (secondary N) is 2. The van der Waals surface area contributed by atoms with E-state index in [4.69, 9.17) is 5.73 Å². The van der Waals surface area contributed by atoms with Gasteiger partial charge in [-0.2, -0.15) is 0 Å². The molecule has 1 saturated carbocycles. The molecular formula is C14H21N3O3S. The molecule has 4 N–H and O–H groups in total. The average Bonchev–Trinajstić information content (AvgIpc) is 3.17. The molecule has 0 spiro atoms. The number of hydrogen-bond donors (Lipinski definition) is 3. The number of sulfonamides is 1. The van der Waals surface area contributed by atoms with E-state index in [2.05, 4.69) is 10.0 Å². The molecule has 2 rings (SSSR count). The first-order valence-electron chi connectivity index (χ1n) is 7.03. The van der Waals surface area contributed by atoms with Crippen molar-refractivity contribution in [1.82, 2.24) is 10.0 Å². The van der Waals surface area contributed by atoms with Gasteiger partial charge in [-0.25, -0.2) is 13.1 Å². The van der Waals surface area contributed by atoms with E-state index < -0.39 is 10.0 Å². The smallest absolute Gasteiger partial charge is 0.240 e. The number of nitrogens with two attached hydrogens (primary N) is 1. The van der Waals surface area contributed by atoms with Crippen molar-refractivity contribution in [2.24, 2.45) is 0 Å². The minimum Gasteiger partial charge on any atom is -0.399 e. The third-order valence-electron chi connectivity index (χ3n) is 3.20. The van der Waals surface area contributed by atoms with Crippen LogP contribution in [0.25, 0.3) is 0 Å². The van der Waals surface area contributed by atoms with Crippen LogP contribution < -0.4 is 15.8 Å². The first-order valence-corrected chi connectivity index (χ1v) is 8.51. The molecule has 0 radical (unpaired) electrons. The zero-order chi connectivity index (χ0) is 15.5. The second-order valence-electron chi connectivity index (χ2n) is 5.42. The van der Waals surface area contributed by atoms with E-state index in [0.717, 1.165) is 18.4 Å². The van der Waals surface area contributed by atoms with Crippen molar-refractivity contribution < 1.29 is 13.2 Å². The third kappa shape index (κ3) is 5.02. The van der Waals surface area contributed by atoms with E-state index >= 15 is 0 Å². The molecule has 0 saturated heterocycles. The van der Waals surface area contributed by atoms with Gasteiger partial charge in [0.05, 0.1) is 4.90 Å². The van der Waals surface area contributed by atoms with E-state index in [1.54, 1.807) is 19.1 Å². The normalized spacial score (nSPS) is 14.9. The highest BCUT2D eigenvalue weighted by Gasteiger charge is 2.22. The molecule has 0 aliphatic heterocycles. The van der Waals surface area contributed by atoms with Crippen molar-refractivity contribution in [3.8, 4) is 0 Å². The molecule has 1 aromatic carbocycles. The van der Waals surface area contributed by atoms with Crippen molar-refractivity contribution in [2.75, 3.05) is 12.3 Å². The van der Waals surface area contributed by atoms with Crippen LogP contribution in [0.3, 0.4) is 0 Å². The summed E-state index contributed by atoms with van der Waals surface area (Å²) in [5, 5.41) is 2.87. The molecule has 1 aromatic rings. The fourth-order valence-electron chi connectivity index (χ4n) is 2.00. The molecule has 0 aromatic heterocycles.